The van der Waals surface area contributed by atoms with Crippen LogP contribution < -0.4 is 4.74 Å². The maximum absolute atomic E-state index is 14.2. The number of likely N-dealkylation sites (tertiary alicyclic amines) is 1. The molecule has 35 heavy (non-hydrogen) atoms. The van der Waals surface area contributed by atoms with E-state index in [9.17, 15) is 18.8 Å². The van der Waals surface area contributed by atoms with E-state index in [4.69, 9.17) is 14.5 Å². The molecular formula is C26H24F2N4O3. The van der Waals surface area contributed by atoms with E-state index in [1.165, 1.54) is 0 Å². The number of hydrogen-bond acceptors (Lipinski definition) is 6. The molecule has 7 nitrogen and oxygen atoms in total. The zero-order chi connectivity index (χ0) is 25.0. The van der Waals surface area contributed by atoms with E-state index in [-0.39, 0.29) is 23.2 Å². The molecule has 2 fully saturated rings. The number of fused-ring (bicyclic) bond motifs is 1. The van der Waals surface area contributed by atoms with Crippen molar-refractivity contribution in [2.45, 2.75) is 45.1 Å². The molecule has 5 rings (SSSR count). The molecule has 0 bridgehead atoms. The van der Waals surface area contributed by atoms with Gasteiger partial charge < -0.3 is 14.4 Å². The van der Waals surface area contributed by atoms with Gasteiger partial charge in [0, 0.05) is 36.7 Å². The third kappa shape index (κ3) is 4.36. The highest BCUT2D eigenvalue weighted by molar-refractivity contribution is 5.76. The molecule has 0 N–H and O–H groups in total. The van der Waals surface area contributed by atoms with Gasteiger partial charge in [0.25, 0.3) is 0 Å². The molecule has 0 unspecified atom stereocenters. The molecule has 9 heteroatoms. The van der Waals surface area contributed by atoms with Crippen LogP contribution in [0.5, 0.6) is 11.5 Å². The van der Waals surface area contributed by atoms with E-state index in [0.29, 0.717) is 24.1 Å². The highest BCUT2D eigenvalue weighted by Crippen LogP contribution is 2.55. The number of carbonyl (C=O) groups excluding carboxylic acids is 1. The molecule has 1 aliphatic heterocycles. The van der Waals surface area contributed by atoms with E-state index in [1.807, 2.05) is 20.8 Å². The van der Waals surface area contributed by atoms with Crippen molar-refractivity contribution in [1.29, 1.82) is 5.26 Å². The molecule has 2 heterocycles. The molecule has 180 valence electrons. The summed E-state index contributed by atoms with van der Waals surface area (Å²) in [7, 11) is 0. The third-order valence-corrected chi connectivity index (χ3v) is 6.40. The summed E-state index contributed by atoms with van der Waals surface area (Å²) in [6, 6.07) is 8.29. The highest BCUT2D eigenvalue weighted by atomic mass is 19.1. The summed E-state index contributed by atoms with van der Waals surface area (Å²) in [4.78, 5) is 23.2. The van der Waals surface area contributed by atoms with Crippen LogP contribution in [-0.2, 0) is 4.74 Å². The van der Waals surface area contributed by atoms with Crippen LogP contribution in [0.25, 0.3) is 11.0 Å². The summed E-state index contributed by atoms with van der Waals surface area (Å²) < 4.78 is 39.1. The molecule has 1 spiro atoms. The first-order valence-corrected chi connectivity index (χ1v) is 11.4. The maximum Gasteiger partial charge on any atom is 0.410 e. The molecule has 1 saturated heterocycles. The maximum atomic E-state index is 14.2. The molecule has 0 atom stereocenters. The predicted octanol–water partition coefficient (Wildman–Crippen LogP) is 5.69. The monoisotopic (exact) mass is 478 g/mol. The van der Waals surface area contributed by atoms with Crippen molar-refractivity contribution in [3.05, 3.63) is 59.4 Å². The summed E-state index contributed by atoms with van der Waals surface area (Å²) in [5.74, 6) is -1.70. The SMILES string of the molecule is CC(C)(C)OC(=O)N1CC2(CC(c3cnc4ccc(Oc5c(F)ccc(F)c5C#N)cc4n3)C2)C1. The number of halogens is 2. The summed E-state index contributed by atoms with van der Waals surface area (Å²) in [5.41, 5.74) is 1.12. The van der Waals surface area contributed by atoms with Crippen LogP contribution in [0.15, 0.2) is 36.5 Å². The summed E-state index contributed by atoms with van der Waals surface area (Å²) >= 11 is 0. The lowest BCUT2D eigenvalue weighted by Gasteiger charge is -2.58. The van der Waals surface area contributed by atoms with Gasteiger partial charge in [0.1, 0.15) is 28.8 Å². The van der Waals surface area contributed by atoms with Crippen LogP contribution in [0.4, 0.5) is 13.6 Å². The second kappa shape index (κ2) is 8.15. The van der Waals surface area contributed by atoms with Gasteiger partial charge in [-0.2, -0.15) is 5.26 Å². The van der Waals surface area contributed by atoms with E-state index in [0.717, 1.165) is 30.7 Å². The molecule has 1 aromatic heterocycles. The number of hydrogen-bond donors (Lipinski definition) is 0. The first kappa shape index (κ1) is 23.0. The molecule has 3 aromatic rings. The minimum absolute atomic E-state index is 0.103. The largest absolute Gasteiger partial charge is 0.453 e. The van der Waals surface area contributed by atoms with Crippen LogP contribution in [0.2, 0.25) is 0 Å². The quantitative estimate of drug-likeness (QED) is 0.481. The molecule has 0 radical (unpaired) electrons. The Balaban J connectivity index is 1.28. The lowest BCUT2D eigenvalue weighted by Crippen LogP contribution is -2.63. The predicted molar refractivity (Wildman–Crippen MR) is 123 cm³/mol. The number of aromatic nitrogens is 2. The first-order valence-electron chi connectivity index (χ1n) is 11.4. The number of carbonyl (C=O) groups is 1. The Kier molecular flexibility index (Phi) is 5.35. The number of benzene rings is 2. The first-order chi connectivity index (χ1) is 16.6. The highest BCUT2D eigenvalue weighted by Gasteiger charge is 2.55. The molecule has 2 aromatic carbocycles. The Labute approximate surface area is 201 Å². The van der Waals surface area contributed by atoms with Crippen molar-refractivity contribution in [1.82, 2.24) is 14.9 Å². The van der Waals surface area contributed by atoms with Crippen LogP contribution >= 0.6 is 0 Å². The van der Waals surface area contributed by atoms with Crippen molar-refractivity contribution >= 4 is 17.1 Å². The fraction of sp³-hybridized carbons (Fsp3) is 0.385. The van der Waals surface area contributed by atoms with Crippen LogP contribution in [0.1, 0.15) is 50.8 Å². The minimum Gasteiger partial charge on any atom is -0.453 e. The fourth-order valence-corrected chi connectivity index (χ4v) is 4.79. The van der Waals surface area contributed by atoms with Gasteiger partial charge >= 0.3 is 6.09 Å². The van der Waals surface area contributed by atoms with Crippen LogP contribution in [0.3, 0.4) is 0 Å². The molecule has 1 saturated carbocycles. The third-order valence-electron chi connectivity index (χ3n) is 6.40. The topological polar surface area (TPSA) is 88.3 Å². The van der Waals surface area contributed by atoms with Crippen molar-refractivity contribution in [2.24, 2.45) is 5.41 Å². The van der Waals surface area contributed by atoms with Crippen molar-refractivity contribution in [2.75, 3.05) is 13.1 Å². The second-order valence-corrected chi connectivity index (χ2v) is 10.3. The van der Waals surface area contributed by atoms with Gasteiger partial charge in [-0.05, 0) is 57.9 Å². The molecular weight excluding hydrogens is 454 g/mol. The number of amides is 1. The summed E-state index contributed by atoms with van der Waals surface area (Å²) in [6.07, 6.45) is 3.29. The Morgan fingerprint density at radius 1 is 1.14 bits per heavy atom. The number of nitriles is 1. The average molecular weight is 478 g/mol. The van der Waals surface area contributed by atoms with Gasteiger partial charge in [-0.15, -0.1) is 0 Å². The zero-order valence-electron chi connectivity index (χ0n) is 19.6. The van der Waals surface area contributed by atoms with Crippen molar-refractivity contribution in [3.63, 3.8) is 0 Å². The second-order valence-electron chi connectivity index (χ2n) is 10.3. The van der Waals surface area contributed by atoms with Crippen molar-refractivity contribution in [3.8, 4) is 17.6 Å². The van der Waals surface area contributed by atoms with Crippen molar-refractivity contribution < 1.29 is 23.0 Å². The van der Waals surface area contributed by atoms with Gasteiger partial charge in [-0.1, -0.05) is 0 Å². The van der Waals surface area contributed by atoms with Crippen LogP contribution in [0, 0.1) is 28.4 Å². The Bertz CT molecular complexity index is 1370. The normalized spacial score (nSPS) is 17.0. The zero-order valence-corrected chi connectivity index (χ0v) is 19.6. The molecule has 2 aliphatic rings. The van der Waals surface area contributed by atoms with E-state index in [2.05, 4.69) is 4.98 Å². The fourth-order valence-electron chi connectivity index (χ4n) is 4.79. The Morgan fingerprint density at radius 3 is 2.54 bits per heavy atom. The van der Waals surface area contributed by atoms with E-state index >= 15 is 0 Å². The van der Waals surface area contributed by atoms with Gasteiger partial charge in [0.05, 0.1) is 16.7 Å². The Morgan fingerprint density at radius 2 is 1.86 bits per heavy atom. The number of rotatable bonds is 3. The average Bonchev–Trinajstić information content (AvgIpc) is 2.73. The minimum atomic E-state index is -0.855. The van der Waals surface area contributed by atoms with Gasteiger partial charge in [0.2, 0.25) is 0 Å². The van der Waals surface area contributed by atoms with E-state index < -0.39 is 28.5 Å². The number of ether oxygens (including phenoxy) is 2. The smallest absolute Gasteiger partial charge is 0.410 e. The van der Waals surface area contributed by atoms with Gasteiger partial charge in [-0.25, -0.2) is 18.6 Å². The molecule has 1 aliphatic carbocycles. The van der Waals surface area contributed by atoms with Gasteiger partial charge in [0.15, 0.2) is 11.6 Å². The lowest BCUT2D eigenvalue weighted by atomic mass is 9.57. The Hall–Kier alpha value is -3.80. The van der Waals surface area contributed by atoms with Gasteiger partial charge in [-0.3, -0.25) is 4.98 Å². The van der Waals surface area contributed by atoms with E-state index in [1.54, 1.807) is 35.4 Å². The summed E-state index contributed by atoms with van der Waals surface area (Å²) in [6.45, 7) is 6.92. The lowest BCUT2D eigenvalue weighted by molar-refractivity contribution is -0.0791. The standard InChI is InChI=1S/C26H24F2N4O3/c1-25(2,3)35-24(33)32-13-26(14-32)9-15(10-26)22-12-30-20-7-4-16(8-21(20)31-22)34-23-17(11-29)18(27)5-6-19(23)28/h4-8,12,15H,9-10,13-14H2,1-3H3. The summed E-state index contributed by atoms with van der Waals surface area (Å²) in [5, 5.41) is 9.18. The number of nitrogens with zero attached hydrogens (tertiary/aromatic N) is 4. The van der Waals surface area contributed by atoms with Crippen LogP contribution in [-0.4, -0.2) is 39.7 Å². The molecule has 1 amide bonds.